The Kier molecular flexibility index (Phi) is 3.18. The predicted molar refractivity (Wildman–Crippen MR) is 69.2 cm³/mol. The second-order valence-corrected chi connectivity index (χ2v) is 4.40. The standard InChI is InChI=1S/C14H7F3N4O/c15-14(16,17)9-3-1-2-8(6-9)12-20-13(22-21-12)11-5-4-10(7-18)19-11/h1-6,19H. The molecule has 1 N–H and O–H groups in total. The Morgan fingerprint density at radius 3 is 2.68 bits per heavy atom. The average molecular weight is 304 g/mol. The van der Waals surface area contributed by atoms with Gasteiger partial charge in [-0.1, -0.05) is 17.3 Å². The summed E-state index contributed by atoms with van der Waals surface area (Å²) in [6.45, 7) is 0. The number of benzene rings is 1. The van der Waals surface area contributed by atoms with Crippen LogP contribution >= 0.6 is 0 Å². The molecule has 0 saturated heterocycles. The molecule has 110 valence electrons. The van der Waals surface area contributed by atoms with Crippen molar-refractivity contribution in [3.8, 4) is 29.0 Å². The molecule has 0 bridgehead atoms. The van der Waals surface area contributed by atoms with E-state index in [4.69, 9.17) is 9.78 Å². The molecule has 0 radical (unpaired) electrons. The normalized spacial score (nSPS) is 11.4. The lowest BCUT2D eigenvalue weighted by Crippen LogP contribution is -2.04. The smallest absolute Gasteiger partial charge is 0.342 e. The maximum atomic E-state index is 12.7. The van der Waals surface area contributed by atoms with Crippen molar-refractivity contribution < 1.29 is 17.7 Å². The van der Waals surface area contributed by atoms with E-state index in [0.717, 1.165) is 12.1 Å². The highest BCUT2D eigenvalue weighted by molar-refractivity contribution is 5.59. The number of aromatic nitrogens is 3. The van der Waals surface area contributed by atoms with Gasteiger partial charge in [0.2, 0.25) is 5.82 Å². The topological polar surface area (TPSA) is 78.5 Å². The van der Waals surface area contributed by atoms with Crippen LogP contribution in [0.3, 0.4) is 0 Å². The van der Waals surface area contributed by atoms with E-state index in [1.165, 1.54) is 18.2 Å². The minimum atomic E-state index is -4.44. The molecule has 22 heavy (non-hydrogen) atoms. The fourth-order valence-corrected chi connectivity index (χ4v) is 1.87. The Morgan fingerprint density at radius 1 is 1.18 bits per heavy atom. The molecule has 3 rings (SSSR count). The summed E-state index contributed by atoms with van der Waals surface area (Å²) in [6.07, 6.45) is -4.44. The van der Waals surface area contributed by atoms with Gasteiger partial charge in [0.15, 0.2) is 0 Å². The third-order valence-electron chi connectivity index (χ3n) is 2.91. The van der Waals surface area contributed by atoms with Crippen LogP contribution < -0.4 is 0 Å². The second-order valence-electron chi connectivity index (χ2n) is 4.40. The van der Waals surface area contributed by atoms with Crippen LogP contribution in [0, 0.1) is 11.3 Å². The highest BCUT2D eigenvalue weighted by atomic mass is 19.4. The van der Waals surface area contributed by atoms with E-state index in [9.17, 15) is 13.2 Å². The Hall–Kier alpha value is -3.08. The van der Waals surface area contributed by atoms with E-state index < -0.39 is 11.7 Å². The molecule has 0 aliphatic rings. The molecule has 0 aliphatic carbocycles. The van der Waals surface area contributed by atoms with Gasteiger partial charge in [0, 0.05) is 5.56 Å². The van der Waals surface area contributed by atoms with Gasteiger partial charge in [0.05, 0.1) is 5.56 Å². The summed E-state index contributed by atoms with van der Waals surface area (Å²) in [5, 5.41) is 12.4. The number of hydrogen-bond donors (Lipinski definition) is 1. The second kappa shape index (κ2) is 5.04. The van der Waals surface area contributed by atoms with Gasteiger partial charge in [0.1, 0.15) is 17.5 Å². The molecule has 0 spiro atoms. The number of hydrogen-bond acceptors (Lipinski definition) is 4. The average Bonchev–Trinajstić information content (AvgIpc) is 3.15. The van der Waals surface area contributed by atoms with Crippen molar-refractivity contribution in [2.75, 3.05) is 0 Å². The van der Waals surface area contributed by atoms with Crippen LogP contribution in [0.15, 0.2) is 40.9 Å². The van der Waals surface area contributed by atoms with Crippen molar-refractivity contribution in [3.05, 3.63) is 47.7 Å². The van der Waals surface area contributed by atoms with Crippen LogP contribution in [0.2, 0.25) is 0 Å². The Balaban J connectivity index is 1.96. The maximum absolute atomic E-state index is 12.7. The first-order valence-electron chi connectivity index (χ1n) is 6.08. The quantitative estimate of drug-likeness (QED) is 0.784. The van der Waals surface area contributed by atoms with Crippen LogP contribution in [0.5, 0.6) is 0 Å². The predicted octanol–water partition coefficient (Wildman–Crippen LogP) is 3.62. The molecule has 0 aliphatic heterocycles. The zero-order valence-corrected chi connectivity index (χ0v) is 10.8. The molecular weight excluding hydrogens is 297 g/mol. The lowest BCUT2D eigenvalue weighted by molar-refractivity contribution is -0.137. The number of H-pyrrole nitrogens is 1. The molecule has 0 fully saturated rings. The van der Waals surface area contributed by atoms with Crippen LogP contribution in [0.1, 0.15) is 11.3 Å². The minimum Gasteiger partial charge on any atom is -0.342 e. The summed E-state index contributed by atoms with van der Waals surface area (Å²) in [5.41, 5.74) is 0.135. The Bertz CT molecular complexity index is 857. The number of aromatic amines is 1. The summed E-state index contributed by atoms with van der Waals surface area (Å²) in [5.74, 6) is 0.128. The van der Waals surface area contributed by atoms with Crippen molar-refractivity contribution in [3.63, 3.8) is 0 Å². The highest BCUT2D eigenvalue weighted by Crippen LogP contribution is 2.31. The van der Waals surface area contributed by atoms with Gasteiger partial charge in [-0.15, -0.1) is 0 Å². The van der Waals surface area contributed by atoms with E-state index in [-0.39, 0.29) is 17.3 Å². The first kappa shape index (κ1) is 13.9. The van der Waals surface area contributed by atoms with Gasteiger partial charge in [-0.2, -0.15) is 23.4 Å². The largest absolute Gasteiger partial charge is 0.416 e. The first-order valence-corrected chi connectivity index (χ1v) is 6.08. The Labute approximate surface area is 122 Å². The van der Waals surface area contributed by atoms with E-state index in [2.05, 4.69) is 15.1 Å². The third-order valence-corrected chi connectivity index (χ3v) is 2.91. The van der Waals surface area contributed by atoms with Gasteiger partial charge in [-0.25, -0.2) is 0 Å². The van der Waals surface area contributed by atoms with Crippen LogP contribution in [-0.4, -0.2) is 15.1 Å². The number of nitrogens with zero attached hydrogens (tertiary/aromatic N) is 3. The van der Waals surface area contributed by atoms with E-state index in [0.29, 0.717) is 11.4 Å². The van der Waals surface area contributed by atoms with Crippen molar-refractivity contribution in [1.29, 1.82) is 5.26 Å². The molecule has 5 nitrogen and oxygen atoms in total. The molecule has 0 saturated carbocycles. The fourth-order valence-electron chi connectivity index (χ4n) is 1.87. The zero-order chi connectivity index (χ0) is 15.7. The summed E-state index contributed by atoms with van der Waals surface area (Å²) >= 11 is 0. The summed E-state index contributed by atoms with van der Waals surface area (Å²) < 4.78 is 43.1. The molecule has 3 aromatic rings. The molecule has 8 heteroatoms. The molecular formula is C14H7F3N4O. The number of nitriles is 1. The fraction of sp³-hybridized carbons (Fsp3) is 0.0714. The van der Waals surface area contributed by atoms with E-state index >= 15 is 0 Å². The number of halogens is 3. The van der Waals surface area contributed by atoms with Crippen molar-refractivity contribution in [2.24, 2.45) is 0 Å². The Morgan fingerprint density at radius 2 is 2.00 bits per heavy atom. The van der Waals surface area contributed by atoms with Gasteiger partial charge in [-0.05, 0) is 24.3 Å². The van der Waals surface area contributed by atoms with Crippen LogP contribution in [-0.2, 0) is 6.18 Å². The van der Waals surface area contributed by atoms with Gasteiger partial charge in [-0.3, -0.25) is 0 Å². The maximum Gasteiger partial charge on any atom is 0.416 e. The first-order chi connectivity index (χ1) is 10.5. The third kappa shape index (κ3) is 2.56. The highest BCUT2D eigenvalue weighted by Gasteiger charge is 2.30. The van der Waals surface area contributed by atoms with Gasteiger partial charge >= 0.3 is 6.18 Å². The van der Waals surface area contributed by atoms with Crippen LogP contribution in [0.25, 0.3) is 23.0 Å². The number of rotatable bonds is 2. The monoisotopic (exact) mass is 304 g/mol. The van der Waals surface area contributed by atoms with Gasteiger partial charge < -0.3 is 9.51 Å². The minimum absolute atomic E-state index is 0.0363. The van der Waals surface area contributed by atoms with Crippen molar-refractivity contribution in [2.45, 2.75) is 6.18 Å². The lowest BCUT2D eigenvalue weighted by Gasteiger charge is -2.06. The number of nitrogens with one attached hydrogen (secondary N) is 1. The SMILES string of the molecule is N#Cc1ccc(-c2nc(-c3cccc(C(F)(F)F)c3)no2)[nH]1. The number of alkyl halides is 3. The van der Waals surface area contributed by atoms with Crippen molar-refractivity contribution >= 4 is 0 Å². The molecule has 0 amide bonds. The van der Waals surface area contributed by atoms with Crippen molar-refractivity contribution in [1.82, 2.24) is 15.1 Å². The lowest BCUT2D eigenvalue weighted by atomic mass is 10.1. The van der Waals surface area contributed by atoms with Gasteiger partial charge in [0.25, 0.3) is 5.89 Å². The molecule has 0 unspecified atom stereocenters. The van der Waals surface area contributed by atoms with Crippen LogP contribution in [0.4, 0.5) is 13.2 Å². The summed E-state index contributed by atoms with van der Waals surface area (Å²) in [6, 6.07) is 9.66. The molecule has 2 heterocycles. The van der Waals surface area contributed by atoms with E-state index in [1.807, 2.05) is 6.07 Å². The van der Waals surface area contributed by atoms with E-state index in [1.54, 1.807) is 6.07 Å². The molecule has 0 atom stereocenters. The molecule has 2 aromatic heterocycles. The summed E-state index contributed by atoms with van der Waals surface area (Å²) in [4.78, 5) is 6.78. The molecule has 1 aromatic carbocycles. The summed E-state index contributed by atoms with van der Waals surface area (Å²) in [7, 11) is 0. The zero-order valence-electron chi connectivity index (χ0n) is 10.8.